The zero-order chi connectivity index (χ0) is 19.4. The lowest BCUT2D eigenvalue weighted by Crippen LogP contribution is -2.45. The predicted octanol–water partition coefficient (Wildman–Crippen LogP) is 1.84. The molecule has 2 unspecified atom stereocenters. The minimum absolute atomic E-state index is 0.0278. The minimum Gasteiger partial charge on any atom is -0.424 e. The van der Waals surface area contributed by atoms with Gasteiger partial charge in [0.2, 0.25) is 5.78 Å². The van der Waals surface area contributed by atoms with Gasteiger partial charge in [0.1, 0.15) is 0 Å². The number of ketones is 2. The molecule has 2 aromatic heterocycles. The smallest absolute Gasteiger partial charge is 0.295 e. The van der Waals surface area contributed by atoms with E-state index in [1.807, 2.05) is 13.8 Å². The molecule has 1 amide bonds. The van der Waals surface area contributed by atoms with Crippen LogP contribution in [0, 0.1) is 11.8 Å². The number of aromatic nitrogens is 2. The molecule has 1 fully saturated rings. The van der Waals surface area contributed by atoms with Crippen LogP contribution in [0.5, 0.6) is 0 Å². The van der Waals surface area contributed by atoms with Gasteiger partial charge in [-0.3, -0.25) is 19.4 Å². The summed E-state index contributed by atoms with van der Waals surface area (Å²) in [4.78, 5) is 44.4. The third-order valence-electron chi connectivity index (χ3n) is 4.58. The number of rotatable bonds is 7. The molecule has 0 bridgehead atoms. The molecule has 2 N–H and O–H groups in total. The van der Waals surface area contributed by atoms with E-state index in [1.54, 1.807) is 30.7 Å². The molecule has 8 heteroatoms. The second-order valence-electron chi connectivity index (χ2n) is 6.91. The number of carbonyl (C=O) groups is 3. The largest absolute Gasteiger partial charge is 0.424 e. The first-order valence-corrected chi connectivity index (χ1v) is 8.93. The number of hydrogen-bond acceptors (Lipinski definition) is 7. The van der Waals surface area contributed by atoms with E-state index in [4.69, 9.17) is 4.42 Å². The normalized spacial score (nSPS) is 18.3. The number of piperidine rings is 1. The van der Waals surface area contributed by atoms with Crippen molar-refractivity contribution in [2.24, 2.45) is 11.8 Å². The number of Topliss-reactive ketones (excluding diaryl/α,β-unsaturated/α-hetero) is 2. The van der Waals surface area contributed by atoms with Gasteiger partial charge in [0, 0.05) is 36.8 Å². The van der Waals surface area contributed by atoms with E-state index in [0.29, 0.717) is 18.7 Å². The molecule has 1 aliphatic heterocycles. The predicted molar refractivity (Wildman–Crippen MR) is 97.7 cm³/mol. The molecule has 3 heterocycles. The Hall–Kier alpha value is -3.03. The highest BCUT2D eigenvalue weighted by molar-refractivity contribution is 6.37. The van der Waals surface area contributed by atoms with Gasteiger partial charge in [0.15, 0.2) is 11.5 Å². The van der Waals surface area contributed by atoms with Crippen molar-refractivity contribution in [2.45, 2.75) is 32.7 Å². The summed E-state index contributed by atoms with van der Waals surface area (Å²) >= 11 is 0. The summed E-state index contributed by atoms with van der Waals surface area (Å²) in [6, 6.07) is 3.28. The van der Waals surface area contributed by atoms with Crippen molar-refractivity contribution in [1.29, 1.82) is 0 Å². The molecule has 3 rings (SSSR count). The number of amides is 1. The lowest BCUT2D eigenvalue weighted by atomic mass is 9.87. The van der Waals surface area contributed by atoms with Crippen molar-refractivity contribution in [1.82, 2.24) is 15.3 Å². The van der Waals surface area contributed by atoms with E-state index in [9.17, 15) is 14.4 Å². The fourth-order valence-corrected chi connectivity index (χ4v) is 3.07. The Morgan fingerprint density at radius 3 is 2.78 bits per heavy atom. The molecule has 8 nitrogen and oxygen atoms in total. The quantitative estimate of drug-likeness (QED) is 0.715. The number of nitrogens with one attached hydrogen (secondary N) is 2. The molecule has 27 heavy (non-hydrogen) atoms. The lowest BCUT2D eigenvalue weighted by Gasteiger charge is -2.24. The first-order valence-electron chi connectivity index (χ1n) is 8.93. The zero-order valence-electron chi connectivity index (χ0n) is 15.3. The van der Waals surface area contributed by atoms with Gasteiger partial charge in [0.05, 0.1) is 12.2 Å². The first kappa shape index (κ1) is 18.8. The minimum atomic E-state index is -0.609. The van der Waals surface area contributed by atoms with E-state index in [2.05, 4.69) is 20.6 Å². The van der Waals surface area contributed by atoms with E-state index in [-0.39, 0.29) is 24.1 Å². The molecule has 142 valence electrons. The number of nitrogens with zero attached hydrogens (tertiary/aromatic N) is 2. The Labute approximate surface area is 156 Å². The highest BCUT2D eigenvalue weighted by Gasteiger charge is 2.34. The van der Waals surface area contributed by atoms with E-state index in [1.165, 1.54) is 0 Å². The Kier molecular flexibility index (Phi) is 5.63. The molecule has 0 aliphatic carbocycles. The van der Waals surface area contributed by atoms with Gasteiger partial charge in [-0.2, -0.15) is 0 Å². The first-order chi connectivity index (χ1) is 13.0. The monoisotopic (exact) mass is 370 g/mol. The van der Waals surface area contributed by atoms with Crippen LogP contribution in [0.15, 0.2) is 35.1 Å². The van der Waals surface area contributed by atoms with E-state index >= 15 is 0 Å². The summed E-state index contributed by atoms with van der Waals surface area (Å²) in [5.74, 6) is -1.31. The van der Waals surface area contributed by atoms with Gasteiger partial charge >= 0.3 is 0 Å². The van der Waals surface area contributed by atoms with Crippen LogP contribution in [0.3, 0.4) is 0 Å². The van der Waals surface area contributed by atoms with Gasteiger partial charge in [-0.1, -0.05) is 13.8 Å². The molecule has 0 radical (unpaired) electrons. The summed E-state index contributed by atoms with van der Waals surface area (Å²) in [7, 11) is 0. The van der Waals surface area contributed by atoms with Crippen molar-refractivity contribution in [3.05, 3.63) is 30.7 Å². The van der Waals surface area contributed by atoms with Gasteiger partial charge in [0.25, 0.3) is 11.9 Å². The van der Waals surface area contributed by atoms with Crippen LogP contribution in [0.25, 0.3) is 11.3 Å². The Bertz CT molecular complexity index is 831. The maximum Gasteiger partial charge on any atom is 0.295 e. The SMILES string of the molecule is CC(C)C(Nc1ncc(-c2ccncc2)o1)C(=O)CC1CCNC(=O)C1=O. The van der Waals surface area contributed by atoms with E-state index < -0.39 is 23.7 Å². The van der Waals surface area contributed by atoms with Crippen LogP contribution in [0.4, 0.5) is 6.01 Å². The van der Waals surface area contributed by atoms with Crippen LogP contribution >= 0.6 is 0 Å². The molecule has 2 aromatic rings. The Morgan fingerprint density at radius 2 is 2.07 bits per heavy atom. The van der Waals surface area contributed by atoms with Crippen molar-refractivity contribution >= 4 is 23.5 Å². The molecule has 1 aliphatic rings. The number of anilines is 1. The van der Waals surface area contributed by atoms with Crippen molar-refractivity contribution in [3.63, 3.8) is 0 Å². The number of carbonyl (C=O) groups excluding carboxylic acids is 3. The van der Waals surface area contributed by atoms with E-state index in [0.717, 1.165) is 5.56 Å². The van der Waals surface area contributed by atoms with Crippen LogP contribution in [-0.2, 0) is 14.4 Å². The standard InChI is InChI=1S/C19H22N4O4/c1-11(2)16(14(24)9-13-5-8-21-18(26)17(13)25)23-19-22-10-15(27-19)12-3-6-20-7-4-12/h3-4,6-7,10-11,13,16H,5,8-9H2,1-2H3,(H,21,26)(H,22,23). The third-order valence-corrected chi connectivity index (χ3v) is 4.58. The lowest BCUT2D eigenvalue weighted by molar-refractivity contribution is -0.143. The fourth-order valence-electron chi connectivity index (χ4n) is 3.07. The van der Waals surface area contributed by atoms with Gasteiger partial charge in [-0.25, -0.2) is 4.98 Å². The van der Waals surface area contributed by atoms with Crippen molar-refractivity contribution in [3.8, 4) is 11.3 Å². The zero-order valence-corrected chi connectivity index (χ0v) is 15.3. The molecular formula is C19H22N4O4. The van der Waals surface area contributed by atoms with Gasteiger partial charge in [-0.15, -0.1) is 0 Å². The van der Waals surface area contributed by atoms with Crippen LogP contribution < -0.4 is 10.6 Å². The highest BCUT2D eigenvalue weighted by Crippen LogP contribution is 2.24. The van der Waals surface area contributed by atoms with Crippen LogP contribution in [0.1, 0.15) is 26.7 Å². The summed E-state index contributed by atoms with van der Waals surface area (Å²) in [5.41, 5.74) is 0.830. The molecular weight excluding hydrogens is 348 g/mol. The molecule has 0 spiro atoms. The summed E-state index contributed by atoms with van der Waals surface area (Å²) in [5, 5.41) is 5.53. The second-order valence-corrected chi connectivity index (χ2v) is 6.91. The number of hydrogen-bond donors (Lipinski definition) is 2. The molecule has 0 aromatic carbocycles. The highest BCUT2D eigenvalue weighted by atomic mass is 16.4. The van der Waals surface area contributed by atoms with Gasteiger partial charge in [-0.05, 0) is 24.5 Å². The topological polar surface area (TPSA) is 114 Å². The molecule has 0 saturated carbocycles. The summed E-state index contributed by atoms with van der Waals surface area (Å²) < 4.78 is 5.70. The number of pyridine rings is 1. The van der Waals surface area contributed by atoms with Crippen molar-refractivity contribution in [2.75, 3.05) is 11.9 Å². The van der Waals surface area contributed by atoms with Crippen LogP contribution in [-0.4, -0.2) is 40.0 Å². The molecule has 2 atom stereocenters. The fraction of sp³-hybridized carbons (Fsp3) is 0.421. The number of oxazole rings is 1. The second kappa shape index (κ2) is 8.11. The maximum absolute atomic E-state index is 12.8. The Morgan fingerprint density at radius 1 is 1.33 bits per heavy atom. The van der Waals surface area contributed by atoms with Crippen molar-refractivity contribution < 1.29 is 18.8 Å². The summed E-state index contributed by atoms with van der Waals surface area (Å²) in [6.45, 7) is 4.21. The average molecular weight is 370 g/mol. The van der Waals surface area contributed by atoms with Crippen LogP contribution in [0.2, 0.25) is 0 Å². The summed E-state index contributed by atoms with van der Waals surface area (Å²) in [6.07, 6.45) is 5.40. The average Bonchev–Trinajstić information content (AvgIpc) is 3.13. The molecule has 1 saturated heterocycles. The van der Waals surface area contributed by atoms with Gasteiger partial charge < -0.3 is 15.1 Å². The third kappa shape index (κ3) is 4.39. The maximum atomic E-state index is 12.8. The Balaban J connectivity index is 1.69.